The van der Waals surface area contributed by atoms with E-state index in [1.165, 1.54) is 51.0 Å². The monoisotopic (exact) mass is 266 g/mol. The van der Waals surface area contributed by atoms with Crippen LogP contribution in [0.4, 0.5) is 0 Å². The number of hydrogen-bond donors (Lipinski definition) is 0. The molecule has 0 aromatic heterocycles. The Bertz CT molecular complexity index is 232. The SMILES string of the molecule is C=CC/C(=C/CCCCCCCC)C[Si](C)(C)C. The molecule has 0 saturated heterocycles. The van der Waals surface area contributed by atoms with Crippen LogP contribution in [-0.4, -0.2) is 8.07 Å². The third-order valence-corrected chi connectivity index (χ3v) is 4.67. The zero-order chi connectivity index (χ0) is 13.9. The van der Waals surface area contributed by atoms with Crippen LogP contribution in [0.5, 0.6) is 0 Å². The van der Waals surface area contributed by atoms with Gasteiger partial charge in [0.05, 0.1) is 0 Å². The van der Waals surface area contributed by atoms with Crippen LogP contribution in [0.3, 0.4) is 0 Å². The Hall–Kier alpha value is -0.303. The lowest BCUT2D eigenvalue weighted by Crippen LogP contribution is -2.19. The Morgan fingerprint density at radius 3 is 2.17 bits per heavy atom. The minimum atomic E-state index is -0.960. The molecule has 0 amide bonds. The van der Waals surface area contributed by atoms with Crippen molar-refractivity contribution >= 4 is 8.07 Å². The maximum absolute atomic E-state index is 3.88. The molecule has 0 fully saturated rings. The minimum Gasteiger partial charge on any atom is -0.103 e. The molecule has 0 aliphatic rings. The van der Waals surface area contributed by atoms with E-state index in [0.29, 0.717) is 0 Å². The van der Waals surface area contributed by atoms with E-state index < -0.39 is 8.07 Å². The lowest BCUT2D eigenvalue weighted by molar-refractivity contribution is 0.610. The summed E-state index contributed by atoms with van der Waals surface area (Å²) < 4.78 is 0. The highest BCUT2D eigenvalue weighted by molar-refractivity contribution is 6.76. The first-order valence-electron chi connectivity index (χ1n) is 7.78. The van der Waals surface area contributed by atoms with Gasteiger partial charge in [-0.3, -0.25) is 0 Å². The number of rotatable bonds is 11. The van der Waals surface area contributed by atoms with Crippen molar-refractivity contribution in [1.29, 1.82) is 0 Å². The molecule has 0 bridgehead atoms. The van der Waals surface area contributed by atoms with Crippen molar-refractivity contribution in [3.63, 3.8) is 0 Å². The average molecular weight is 267 g/mol. The topological polar surface area (TPSA) is 0 Å². The Morgan fingerprint density at radius 2 is 1.61 bits per heavy atom. The lowest BCUT2D eigenvalue weighted by atomic mass is 10.1. The average Bonchev–Trinajstić information content (AvgIpc) is 2.26. The summed E-state index contributed by atoms with van der Waals surface area (Å²) in [6.07, 6.45) is 15.3. The summed E-state index contributed by atoms with van der Waals surface area (Å²) in [7, 11) is -0.960. The van der Waals surface area contributed by atoms with Crippen molar-refractivity contribution in [1.82, 2.24) is 0 Å². The molecule has 0 spiro atoms. The maximum Gasteiger partial charge on any atom is 0.0483 e. The van der Waals surface area contributed by atoms with E-state index in [9.17, 15) is 0 Å². The largest absolute Gasteiger partial charge is 0.103 e. The number of unbranched alkanes of at least 4 members (excludes halogenated alkanes) is 6. The summed E-state index contributed by atoms with van der Waals surface area (Å²) in [6.45, 7) is 13.5. The van der Waals surface area contributed by atoms with Crippen molar-refractivity contribution in [3.05, 3.63) is 24.3 Å². The summed E-state index contributed by atoms with van der Waals surface area (Å²) in [5.74, 6) is 0. The summed E-state index contributed by atoms with van der Waals surface area (Å²) in [4.78, 5) is 0. The van der Waals surface area contributed by atoms with Crippen LogP contribution in [0.2, 0.25) is 25.7 Å². The maximum atomic E-state index is 3.88. The smallest absolute Gasteiger partial charge is 0.0483 e. The van der Waals surface area contributed by atoms with Crippen LogP contribution in [0, 0.1) is 0 Å². The van der Waals surface area contributed by atoms with Crippen molar-refractivity contribution < 1.29 is 0 Å². The molecule has 0 nitrogen and oxygen atoms in total. The summed E-state index contributed by atoms with van der Waals surface area (Å²) in [6, 6.07) is 1.34. The first-order valence-corrected chi connectivity index (χ1v) is 11.5. The zero-order valence-corrected chi connectivity index (χ0v) is 14.2. The molecule has 0 atom stereocenters. The van der Waals surface area contributed by atoms with Gasteiger partial charge < -0.3 is 0 Å². The number of hydrogen-bond acceptors (Lipinski definition) is 0. The second-order valence-corrected chi connectivity index (χ2v) is 12.1. The highest BCUT2D eigenvalue weighted by Crippen LogP contribution is 2.20. The van der Waals surface area contributed by atoms with E-state index in [1.54, 1.807) is 5.57 Å². The molecule has 0 heterocycles. The Balaban J connectivity index is 3.83. The fourth-order valence-electron chi connectivity index (χ4n) is 2.33. The lowest BCUT2D eigenvalue weighted by Gasteiger charge is -2.17. The van der Waals surface area contributed by atoms with Crippen LogP contribution in [0.1, 0.15) is 58.3 Å². The molecule has 0 saturated carbocycles. The van der Waals surface area contributed by atoms with E-state index in [4.69, 9.17) is 0 Å². The van der Waals surface area contributed by atoms with Gasteiger partial charge >= 0.3 is 0 Å². The highest BCUT2D eigenvalue weighted by Gasteiger charge is 2.14. The minimum absolute atomic E-state index is 0.960. The van der Waals surface area contributed by atoms with E-state index in [-0.39, 0.29) is 0 Å². The predicted molar refractivity (Wildman–Crippen MR) is 89.0 cm³/mol. The fourth-order valence-corrected chi connectivity index (χ4v) is 3.98. The predicted octanol–water partition coefficient (Wildman–Crippen LogP) is 6.58. The molecule has 0 aromatic carbocycles. The normalized spacial score (nSPS) is 12.8. The van der Waals surface area contributed by atoms with Crippen LogP contribution in [0.25, 0.3) is 0 Å². The molecule has 0 rings (SSSR count). The quantitative estimate of drug-likeness (QED) is 0.225. The van der Waals surface area contributed by atoms with Gasteiger partial charge in [0.1, 0.15) is 0 Å². The Kier molecular flexibility index (Phi) is 10.4. The zero-order valence-electron chi connectivity index (χ0n) is 13.2. The van der Waals surface area contributed by atoms with Gasteiger partial charge in [0, 0.05) is 8.07 Å². The molecular formula is C17H34Si. The highest BCUT2D eigenvalue weighted by atomic mass is 28.3. The van der Waals surface area contributed by atoms with Crippen molar-refractivity contribution in [2.24, 2.45) is 0 Å². The van der Waals surface area contributed by atoms with Gasteiger partial charge in [-0.2, -0.15) is 0 Å². The first kappa shape index (κ1) is 17.7. The third kappa shape index (κ3) is 12.2. The van der Waals surface area contributed by atoms with Gasteiger partial charge in [0.2, 0.25) is 0 Å². The van der Waals surface area contributed by atoms with Crippen molar-refractivity contribution in [3.8, 4) is 0 Å². The van der Waals surface area contributed by atoms with Gasteiger partial charge in [0.15, 0.2) is 0 Å². The second-order valence-electron chi connectivity index (χ2n) is 6.65. The van der Waals surface area contributed by atoms with Gasteiger partial charge in [0.25, 0.3) is 0 Å². The Labute approximate surface area is 117 Å². The van der Waals surface area contributed by atoms with Crippen molar-refractivity contribution in [2.75, 3.05) is 0 Å². The number of allylic oxidation sites excluding steroid dienone is 3. The standard InChI is InChI=1S/C17H34Si/c1-6-8-9-10-11-12-13-15-17(14-7-2)16-18(3,4)5/h7,15H,2,6,8-14,16H2,1,3-5H3/b17-15-. The van der Waals surface area contributed by atoms with Gasteiger partial charge in [-0.05, 0) is 25.3 Å². The van der Waals surface area contributed by atoms with E-state index in [1.807, 2.05) is 0 Å². The molecule has 106 valence electrons. The van der Waals surface area contributed by atoms with Crippen molar-refractivity contribution in [2.45, 2.75) is 84.0 Å². The first-order chi connectivity index (χ1) is 8.49. The molecule has 18 heavy (non-hydrogen) atoms. The van der Waals surface area contributed by atoms with Crippen LogP contribution in [-0.2, 0) is 0 Å². The molecule has 0 unspecified atom stereocenters. The van der Waals surface area contributed by atoms with Gasteiger partial charge in [-0.15, -0.1) is 6.58 Å². The molecule has 0 aromatic rings. The van der Waals surface area contributed by atoms with Crippen LogP contribution < -0.4 is 0 Å². The van der Waals surface area contributed by atoms with E-state index in [0.717, 1.165) is 6.42 Å². The second kappa shape index (κ2) is 10.6. The van der Waals surface area contributed by atoms with E-state index in [2.05, 4.69) is 45.3 Å². The Morgan fingerprint density at radius 1 is 1.00 bits per heavy atom. The van der Waals surface area contributed by atoms with Crippen LogP contribution in [0.15, 0.2) is 24.3 Å². The van der Waals surface area contributed by atoms with E-state index >= 15 is 0 Å². The molecule has 1 heteroatoms. The van der Waals surface area contributed by atoms with Gasteiger partial charge in [-0.1, -0.05) is 76.4 Å². The third-order valence-electron chi connectivity index (χ3n) is 3.15. The van der Waals surface area contributed by atoms with Gasteiger partial charge in [-0.25, -0.2) is 0 Å². The molecule has 0 aliphatic heterocycles. The fraction of sp³-hybridized carbons (Fsp3) is 0.765. The molecule has 0 aliphatic carbocycles. The summed E-state index contributed by atoms with van der Waals surface area (Å²) in [5, 5.41) is 0. The van der Waals surface area contributed by atoms with Crippen LogP contribution >= 0.6 is 0 Å². The molecule has 0 radical (unpaired) electrons. The molecule has 0 N–H and O–H groups in total. The molecular weight excluding hydrogens is 232 g/mol. The summed E-state index contributed by atoms with van der Waals surface area (Å²) >= 11 is 0. The summed E-state index contributed by atoms with van der Waals surface area (Å²) in [5.41, 5.74) is 1.64.